The van der Waals surface area contributed by atoms with E-state index in [2.05, 4.69) is 11.9 Å². The van der Waals surface area contributed by atoms with Crippen molar-refractivity contribution in [2.45, 2.75) is 37.6 Å². The lowest BCUT2D eigenvalue weighted by Gasteiger charge is -2.42. The molecule has 0 saturated carbocycles. The van der Waals surface area contributed by atoms with E-state index in [-0.39, 0.29) is 12.5 Å². The zero-order valence-corrected chi connectivity index (χ0v) is 10.2. The average Bonchev–Trinajstić information content (AvgIpc) is 2.32. The molecule has 4 N–H and O–H groups in total. The van der Waals surface area contributed by atoms with Crippen LogP contribution in [0.1, 0.15) is 6.92 Å². The maximum Gasteiger partial charge on any atom is 0.217 e. The maximum atomic E-state index is 11.1. The highest BCUT2D eigenvalue weighted by atomic mass is 16.6. The fourth-order valence-corrected chi connectivity index (χ4v) is 1.85. The number of amides is 1. The third-order valence-electron chi connectivity index (χ3n) is 2.65. The molecule has 7 nitrogen and oxygen atoms in total. The molecule has 1 saturated heterocycles. The van der Waals surface area contributed by atoms with Gasteiger partial charge in [0, 0.05) is 6.92 Å². The van der Waals surface area contributed by atoms with Crippen LogP contribution in [-0.4, -0.2) is 65.1 Å². The van der Waals surface area contributed by atoms with Gasteiger partial charge in [-0.2, -0.15) is 0 Å². The molecule has 0 spiro atoms. The van der Waals surface area contributed by atoms with Crippen molar-refractivity contribution in [3.63, 3.8) is 0 Å². The summed E-state index contributed by atoms with van der Waals surface area (Å²) in [5, 5.41) is 31.2. The van der Waals surface area contributed by atoms with E-state index < -0.39 is 37.3 Å². The minimum atomic E-state index is -1.36. The predicted molar refractivity (Wildman–Crippen MR) is 61.5 cm³/mol. The number of hydrogen-bond donors (Lipinski definition) is 4. The molecule has 0 aromatic heterocycles. The molecule has 1 amide bonds. The molecule has 0 aliphatic carbocycles. The summed E-state index contributed by atoms with van der Waals surface area (Å²) in [7, 11) is 0. The topological polar surface area (TPSA) is 108 Å². The zero-order chi connectivity index (χ0) is 13.7. The Morgan fingerprint density at radius 3 is 2.72 bits per heavy atom. The third-order valence-corrected chi connectivity index (χ3v) is 2.65. The van der Waals surface area contributed by atoms with Gasteiger partial charge in [-0.3, -0.25) is 4.79 Å². The van der Waals surface area contributed by atoms with E-state index in [4.69, 9.17) is 14.6 Å². The lowest BCUT2D eigenvalue weighted by molar-refractivity contribution is -0.260. The van der Waals surface area contributed by atoms with Gasteiger partial charge in [0.25, 0.3) is 0 Å². The fraction of sp³-hybridized carbons (Fsp3) is 0.727. The second kappa shape index (κ2) is 6.81. The minimum Gasteiger partial charge on any atom is -0.394 e. The summed E-state index contributed by atoms with van der Waals surface area (Å²) in [4.78, 5) is 11.1. The van der Waals surface area contributed by atoms with Gasteiger partial charge < -0.3 is 30.1 Å². The summed E-state index contributed by atoms with van der Waals surface area (Å²) in [6.45, 7) is 4.44. The molecule has 0 radical (unpaired) electrons. The molecule has 18 heavy (non-hydrogen) atoms. The van der Waals surface area contributed by atoms with E-state index in [0.29, 0.717) is 0 Å². The van der Waals surface area contributed by atoms with Crippen LogP contribution in [0.2, 0.25) is 0 Å². The Labute approximate surface area is 105 Å². The molecular weight excluding hydrogens is 242 g/mol. The molecule has 1 fully saturated rings. The standard InChI is InChI=1S/C11H19NO6/c1-3-4-17-10-8(12-6(2)14)11(16)18-7(5-13)9(10)15/h3,7-11,13,15-16H,1,4-5H2,2H3,(H,12,14)/t7?,8?,9-,10?,11+/m1/s1. The Morgan fingerprint density at radius 2 is 2.22 bits per heavy atom. The number of hydrogen-bond acceptors (Lipinski definition) is 6. The third kappa shape index (κ3) is 3.50. The smallest absolute Gasteiger partial charge is 0.217 e. The van der Waals surface area contributed by atoms with Gasteiger partial charge in [-0.1, -0.05) is 6.08 Å². The van der Waals surface area contributed by atoms with Crippen LogP contribution >= 0.6 is 0 Å². The van der Waals surface area contributed by atoms with Crippen LogP contribution in [0.5, 0.6) is 0 Å². The maximum absolute atomic E-state index is 11.1. The van der Waals surface area contributed by atoms with Gasteiger partial charge in [-0.15, -0.1) is 6.58 Å². The van der Waals surface area contributed by atoms with Crippen molar-refractivity contribution in [3.8, 4) is 0 Å². The summed E-state index contributed by atoms with van der Waals surface area (Å²) < 4.78 is 10.3. The Bertz CT molecular complexity index is 297. The van der Waals surface area contributed by atoms with Gasteiger partial charge in [0.1, 0.15) is 24.4 Å². The van der Waals surface area contributed by atoms with Crippen LogP contribution in [0.15, 0.2) is 12.7 Å². The highest BCUT2D eigenvalue weighted by molar-refractivity contribution is 5.73. The molecule has 1 heterocycles. The molecule has 0 bridgehead atoms. The van der Waals surface area contributed by atoms with Crippen molar-refractivity contribution in [1.82, 2.24) is 5.32 Å². The first-order valence-corrected chi connectivity index (χ1v) is 5.63. The number of ether oxygens (including phenoxy) is 2. The van der Waals surface area contributed by atoms with Crippen molar-refractivity contribution in [2.24, 2.45) is 0 Å². The quantitative estimate of drug-likeness (QED) is 0.432. The largest absolute Gasteiger partial charge is 0.394 e. The average molecular weight is 261 g/mol. The van der Waals surface area contributed by atoms with Gasteiger partial charge in [0.05, 0.1) is 13.2 Å². The van der Waals surface area contributed by atoms with Gasteiger partial charge in [0.2, 0.25) is 5.91 Å². The second-order valence-corrected chi connectivity index (χ2v) is 4.05. The molecule has 3 unspecified atom stereocenters. The number of nitrogens with one attached hydrogen (secondary N) is 1. The Balaban J connectivity index is 2.82. The van der Waals surface area contributed by atoms with Crippen molar-refractivity contribution in [3.05, 3.63) is 12.7 Å². The van der Waals surface area contributed by atoms with Gasteiger partial charge in [-0.05, 0) is 0 Å². The zero-order valence-electron chi connectivity index (χ0n) is 10.2. The summed E-state index contributed by atoms with van der Waals surface area (Å²) in [5.41, 5.74) is 0. The minimum absolute atomic E-state index is 0.142. The molecule has 1 aliphatic rings. The molecule has 104 valence electrons. The van der Waals surface area contributed by atoms with Crippen LogP contribution in [0.4, 0.5) is 0 Å². The van der Waals surface area contributed by atoms with Crippen LogP contribution in [0, 0.1) is 0 Å². The van der Waals surface area contributed by atoms with Crippen LogP contribution in [-0.2, 0) is 14.3 Å². The van der Waals surface area contributed by atoms with Crippen molar-refractivity contribution < 1.29 is 29.6 Å². The van der Waals surface area contributed by atoms with Gasteiger partial charge in [-0.25, -0.2) is 0 Å². The predicted octanol–water partition coefficient (Wildman–Crippen LogP) is -1.87. The van der Waals surface area contributed by atoms with Crippen LogP contribution in [0.3, 0.4) is 0 Å². The molecule has 7 heteroatoms. The van der Waals surface area contributed by atoms with E-state index in [0.717, 1.165) is 0 Å². The molecule has 0 aromatic carbocycles. The first kappa shape index (κ1) is 15.1. The highest BCUT2D eigenvalue weighted by Gasteiger charge is 2.45. The fourth-order valence-electron chi connectivity index (χ4n) is 1.85. The number of rotatable bonds is 5. The number of carbonyl (C=O) groups excluding carboxylic acids is 1. The number of aliphatic hydroxyl groups excluding tert-OH is 3. The van der Waals surface area contributed by atoms with Crippen LogP contribution in [0.25, 0.3) is 0 Å². The van der Waals surface area contributed by atoms with Crippen LogP contribution < -0.4 is 5.32 Å². The second-order valence-electron chi connectivity index (χ2n) is 4.05. The van der Waals surface area contributed by atoms with E-state index in [9.17, 15) is 15.0 Å². The number of aliphatic hydroxyl groups is 3. The lowest BCUT2D eigenvalue weighted by atomic mass is 9.96. The van der Waals surface area contributed by atoms with E-state index in [1.54, 1.807) is 0 Å². The van der Waals surface area contributed by atoms with E-state index in [1.165, 1.54) is 13.0 Å². The van der Waals surface area contributed by atoms with E-state index >= 15 is 0 Å². The van der Waals surface area contributed by atoms with Crippen molar-refractivity contribution in [1.29, 1.82) is 0 Å². The molecular formula is C11H19NO6. The Morgan fingerprint density at radius 1 is 1.56 bits per heavy atom. The first-order valence-electron chi connectivity index (χ1n) is 5.63. The summed E-state index contributed by atoms with van der Waals surface area (Å²) in [6, 6.07) is -0.903. The first-order chi connectivity index (χ1) is 8.51. The molecule has 0 aromatic rings. The van der Waals surface area contributed by atoms with E-state index in [1.807, 2.05) is 0 Å². The molecule has 1 aliphatic heterocycles. The summed E-state index contributed by atoms with van der Waals surface area (Å²) >= 11 is 0. The lowest BCUT2D eigenvalue weighted by Crippen LogP contribution is -2.64. The van der Waals surface area contributed by atoms with Gasteiger partial charge in [0.15, 0.2) is 6.29 Å². The van der Waals surface area contributed by atoms with Gasteiger partial charge >= 0.3 is 0 Å². The molecule has 5 atom stereocenters. The highest BCUT2D eigenvalue weighted by Crippen LogP contribution is 2.22. The van der Waals surface area contributed by atoms with Crippen molar-refractivity contribution >= 4 is 5.91 Å². The normalized spacial score (nSPS) is 36.1. The number of carbonyl (C=O) groups is 1. The Kier molecular flexibility index (Phi) is 5.70. The molecule has 1 rings (SSSR count). The Hall–Kier alpha value is -0.990. The van der Waals surface area contributed by atoms with Crippen molar-refractivity contribution in [2.75, 3.05) is 13.2 Å². The monoisotopic (exact) mass is 261 g/mol. The SMILES string of the molecule is C=CCOC1C(NC(C)=O)[C@@H](O)OC(CO)[C@H]1O. The summed E-state index contributed by atoms with van der Waals surface area (Å²) in [5.74, 6) is -0.385. The summed E-state index contributed by atoms with van der Waals surface area (Å²) in [6.07, 6.45) is -2.88.